The van der Waals surface area contributed by atoms with Crippen molar-refractivity contribution in [2.75, 3.05) is 19.0 Å². The number of ether oxygens (including phenoxy) is 1. The van der Waals surface area contributed by atoms with Gasteiger partial charge in [-0.05, 0) is 18.2 Å². The zero-order valence-corrected chi connectivity index (χ0v) is 7.87. The molecule has 1 aliphatic heterocycles. The molecule has 14 heavy (non-hydrogen) atoms. The smallest absolute Gasteiger partial charge is 0.120 e. The molecule has 0 saturated heterocycles. The van der Waals surface area contributed by atoms with Crippen LogP contribution in [0.1, 0.15) is 5.56 Å². The molecular formula is C11H10N2O. The highest BCUT2D eigenvalue weighted by molar-refractivity contribution is 5.87. The topological polar surface area (TPSA) is 45.0 Å². The Balaban J connectivity index is 2.50. The first-order chi connectivity index (χ1) is 6.85. The minimum Gasteiger partial charge on any atom is -0.497 e. The van der Waals surface area contributed by atoms with Crippen molar-refractivity contribution in [3.8, 4) is 11.8 Å². The third kappa shape index (κ3) is 1.31. The lowest BCUT2D eigenvalue weighted by atomic mass is 10.0. The van der Waals surface area contributed by atoms with Crippen molar-refractivity contribution in [3.05, 3.63) is 29.8 Å². The molecule has 1 heterocycles. The van der Waals surface area contributed by atoms with Crippen molar-refractivity contribution in [2.45, 2.75) is 0 Å². The molecule has 0 spiro atoms. The number of fused-ring (bicyclic) bond motifs is 1. The standard InChI is InChI=1S/C11H10N2O/c1-14-9-2-3-10-8(7-12)4-5-13-11(10)6-9/h2-4,6,13H,5H2,1H3. The summed E-state index contributed by atoms with van der Waals surface area (Å²) in [6.45, 7) is 0.697. The molecule has 0 saturated carbocycles. The van der Waals surface area contributed by atoms with Gasteiger partial charge in [0.15, 0.2) is 0 Å². The van der Waals surface area contributed by atoms with Gasteiger partial charge in [0, 0.05) is 23.9 Å². The van der Waals surface area contributed by atoms with E-state index >= 15 is 0 Å². The van der Waals surface area contributed by atoms with Crippen LogP contribution in [0, 0.1) is 11.3 Å². The fraction of sp³-hybridized carbons (Fsp3) is 0.182. The van der Waals surface area contributed by atoms with Gasteiger partial charge < -0.3 is 10.1 Å². The van der Waals surface area contributed by atoms with Crippen LogP contribution in [0.5, 0.6) is 5.75 Å². The van der Waals surface area contributed by atoms with Gasteiger partial charge in [-0.1, -0.05) is 0 Å². The summed E-state index contributed by atoms with van der Waals surface area (Å²) >= 11 is 0. The van der Waals surface area contributed by atoms with Gasteiger partial charge in [0.25, 0.3) is 0 Å². The van der Waals surface area contributed by atoms with Crippen LogP contribution in [0.15, 0.2) is 24.3 Å². The summed E-state index contributed by atoms with van der Waals surface area (Å²) in [5.41, 5.74) is 2.63. The van der Waals surface area contributed by atoms with Crippen molar-refractivity contribution in [1.82, 2.24) is 0 Å². The zero-order valence-electron chi connectivity index (χ0n) is 7.87. The quantitative estimate of drug-likeness (QED) is 0.729. The molecule has 3 heteroatoms. The molecule has 0 aliphatic carbocycles. The molecule has 0 radical (unpaired) electrons. The van der Waals surface area contributed by atoms with E-state index in [-0.39, 0.29) is 0 Å². The summed E-state index contributed by atoms with van der Waals surface area (Å²) in [5, 5.41) is 12.1. The third-order valence-corrected chi connectivity index (χ3v) is 2.24. The molecule has 3 nitrogen and oxygen atoms in total. The Hall–Kier alpha value is -1.95. The first kappa shape index (κ1) is 8.64. The highest BCUT2D eigenvalue weighted by Crippen LogP contribution is 2.30. The number of rotatable bonds is 1. The summed E-state index contributed by atoms with van der Waals surface area (Å²) in [4.78, 5) is 0. The van der Waals surface area contributed by atoms with Crippen molar-refractivity contribution < 1.29 is 4.74 Å². The molecule has 2 rings (SSSR count). The second-order valence-corrected chi connectivity index (χ2v) is 3.02. The van der Waals surface area contributed by atoms with Crippen LogP contribution < -0.4 is 10.1 Å². The van der Waals surface area contributed by atoms with E-state index in [0.717, 1.165) is 22.6 Å². The molecule has 70 valence electrons. The second kappa shape index (κ2) is 3.43. The molecule has 1 aromatic rings. The number of nitriles is 1. The predicted octanol–water partition coefficient (Wildman–Crippen LogP) is 2.03. The van der Waals surface area contributed by atoms with Crippen LogP contribution in [0.2, 0.25) is 0 Å². The van der Waals surface area contributed by atoms with E-state index in [1.165, 1.54) is 0 Å². The van der Waals surface area contributed by atoms with E-state index in [0.29, 0.717) is 6.54 Å². The van der Waals surface area contributed by atoms with Gasteiger partial charge in [-0.3, -0.25) is 0 Å². The van der Waals surface area contributed by atoms with Gasteiger partial charge >= 0.3 is 0 Å². The molecular weight excluding hydrogens is 176 g/mol. The summed E-state index contributed by atoms with van der Waals surface area (Å²) in [7, 11) is 1.63. The van der Waals surface area contributed by atoms with Crippen LogP contribution >= 0.6 is 0 Å². The number of allylic oxidation sites excluding steroid dienone is 1. The number of nitrogens with one attached hydrogen (secondary N) is 1. The summed E-state index contributed by atoms with van der Waals surface area (Å²) < 4.78 is 5.11. The zero-order chi connectivity index (χ0) is 9.97. The molecule has 1 N–H and O–H groups in total. The lowest BCUT2D eigenvalue weighted by molar-refractivity contribution is 0.415. The van der Waals surface area contributed by atoms with Crippen molar-refractivity contribution in [3.63, 3.8) is 0 Å². The van der Waals surface area contributed by atoms with Crippen LogP contribution in [0.25, 0.3) is 5.57 Å². The van der Waals surface area contributed by atoms with Gasteiger partial charge in [0.2, 0.25) is 0 Å². The molecule has 0 bridgehead atoms. The number of benzene rings is 1. The fourth-order valence-electron chi connectivity index (χ4n) is 1.51. The van der Waals surface area contributed by atoms with Gasteiger partial charge in [-0.25, -0.2) is 0 Å². The minimum atomic E-state index is 0.697. The number of hydrogen-bond donors (Lipinski definition) is 1. The van der Waals surface area contributed by atoms with Gasteiger partial charge in [0.05, 0.1) is 18.8 Å². The van der Waals surface area contributed by atoms with E-state index in [4.69, 9.17) is 10.00 Å². The molecule has 1 aromatic carbocycles. The largest absolute Gasteiger partial charge is 0.497 e. The fourth-order valence-corrected chi connectivity index (χ4v) is 1.51. The normalized spacial score (nSPS) is 13.3. The Kier molecular flexibility index (Phi) is 2.11. The van der Waals surface area contributed by atoms with Gasteiger partial charge in [-0.2, -0.15) is 5.26 Å². The number of nitrogens with zero attached hydrogens (tertiary/aromatic N) is 1. The number of methoxy groups -OCH3 is 1. The molecule has 0 unspecified atom stereocenters. The molecule has 0 amide bonds. The highest BCUT2D eigenvalue weighted by atomic mass is 16.5. The summed E-state index contributed by atoms with van der Waals surface area (Å²) in [6.07, 6.45) is 1.88. The predicted molar refractivity (Wildman–Crippen MR) is 55.1 cm³/mol. The molecule has 0 aromatic heterocycles. The van der Waals surface area contributed by atoms with Crippen molar-refractivity contribution in [2.24, 2.45) is 0 Å². The number of hydrogen-bond acceptors (Lipinski definition) is 3. The third-order valence-electron chi connectivity index (χ3n) is 2.24. The van der Waals surface area contributed by atoms with Crippen molar-refractivity contribution in [1.29, 1.82) is 5.26 Å². The Morgan fingerprint density at radius 1 is 1.50 bits per heavy atom. The van der Waals surface area contributed by atoms with E-state index in [1.807, 2.05) is 24.3 Å². The Labute approximate surface area is 82.6 Å². The summed E-state index contributed by atoms with van der Waals surface area (Å²) in [5.74, 6) is 0.801. The number of anilines is 1. The molecule has 0 fully saturated rings. The van der Waals surface area contributed by atoms with Crippen LogP contribution in [-0.4, -0.2) is 13.7 Å². The van der Waals surface area contributed by atoms with Gasteiger partial charge in [0.1, 0.15) is 5.75 Å². The summed E-state index contributed by atoms with van der Waals surface area (Å²) in [6, 6.07) is 7.84. The van der Waals surface area contributed by atoms with E-state index in [2.05, 4.69) is 11.4 Å². The van der Waals surface area contributed by atoms with Crippen LogP contribution in [0.4, 0.5) is 5.69 Å². The van der Waals surface area contributed by atoms with E-state index < -0.39 is 0 Å². The maximum Gasteiger partial charge on any atom is 0.120 e. The van der Waals surface area contributed by atoms with Crippen molar-refractivity contribution >= 4 is 11.3 Å². The Morgan fingerprint density at radius 3 is 3.07 bits per heavy atom. The minimum absolute atomic E-state index is 0.697. The highest BCUT2D eigenvalue weighted by Gasteiger charge is 2.11. The lowest BCUT2D eigenvalue weighted by Crippen LogP contribution is -2.07. The monoisotopic (exact) mass is 186 g/mol. The van der Waals surface area contributed by atoms with E-state index in [9.17, 15) is 0 Å². The molecule has 0 atom stereocenters. The van der Waals surface area contributed by atoms with Gasteiger partial charge in [-0.15, -0.1) is 0 Å². The van der Waals surface area contributed by atoms with Crippen LogP contribution in [-0.2, 0) is 0 Å². The SMILES string of the molecule is COc1ccc2c(c1)NCC=C2C#N. The second-order valence-electron chi connectivity index (χ2n) is 3.02. The van der Waals surface area contributed by atoms with E-state index in [1.54, 1.807) is 7.11 Å². The molecule has 1 aliphatic rings. The van der Waals surface area contributed by atoms with Crippen LogP contribution in [0.3, 0.4) is 0 Å². The average molecular weight is 186 g/mol. The Bertz CT molecular complexity index is 429. The Morgan fingerprint density at radius 2 is 2.36 bits per heavy atom. The first-order valence-electron chi connectivity index (χ1n) is 4.37. The maximum atomic E-state index is 8.89. The maximum absolute atomic E-state index is 8.89. The lowest BCUT2D eigenvalue weighted by Gasteiger charge is -2.16. The first-order valence-corrected chi connectivity index (χ1v) is 4.37. The average Bonchev–Trinajstić information content (AvgIpc) is 2.27.